The first-order chi connectivity index (χ1) is 11.9. The lowest BCUT2D eigenvalue weighted by atomic mass is 10.1. The Labute approximate surface area is 149 Å². The highest BCUT2D eigenvalue weighted by Crippen LogP contribution is 2.23. The molecule has 0 atom stereocenters. The SMILES string of the molecule is Cc1nc(C)c(S(=O)(=O)NCc2ncc(-c3cccc(C#N)c3)[nH]2)s1. The number of aromatic amines is 1. The Morgan fingerprint density at radius 3 is 2.84 bits per heavy atom. The predicted molar refractivity (Wildman–Crippen MR) is 94.4 cm³/mol. The van der Waals surface area contributed by atoms with Crippen LogP contribution in [-0.4, -0.2) is 23.4 Å². The van der Waals surface area contributed by atoms with E-state index in [-0.39, 0.29) is 10.8 Å². The Morgan fingerprint density at radius 2 is 2.16 bits per heavy atom. The van der Waals surface area contributed by atoms with Crippen LogP contribution in [0.1, 0.15) is 22.1 Å². The topological polar surface area (TPSA) is 112 Å². The average molecular weight is 373 g/mol. The fourth-order valence-electron chi connectivity index (χ4n) is 2.35. The number of thiazole rings is 1. The number of nitriles is 1. The minimum absolute atomic E-state index is 0.0384. The van der Waals surface area contributed by atoms with E-state index in [1.54, 1.807) is 38.2 Å². The van der Waals surface area contributed by atoms with Crippen molar-refractivity contribution in [2.45, 2.75) is 24.6 Å². The molecule has 3 aromatic rings. The predicted octanol–water partition coefficient (Wildman–Crippen LogP) is 2.50. The molecule has 0 saturated carbocycles. The number of rotatable bonds is 5. The van der Waals surface area contributed by atoms with Crippen LogP contribution in [0.15, 0.2) is 34.7 Å². The number of hydrogen-bond donors (Lipinski definition) is 2. The summed E-state index contributed by atoms with van der Waals surface area (Å²) >= 11 is 1.14. The highest BCUT2D eigenvalue weighted by Gasteiger charge is 2.21. The number of H-pyrrole nitrogens is 1. The van der Waals surface area contributed by atoms with E-state index in [9.17, 15) is 8.42 Å². The lowest BCUT2D eigenvalue weighted by Crippen LogP contribution is -2.23. The molecular formula is C16H15N5O2S2. The normalized spacial score (nSPS) is 11.4. The van der Waals surface area contributed by atoms with Crippen molar-refractivity contribution in [3.8, 4) is 17.3 Å². The van der Waals surface area contributed by atoms with Gasteiger partial charge in [-0.1, -0.05) is 12.1 Å². The van der Waals surface area contributed by atoms with Crippen molar-refractivity contribution >= 4 is 21.4 Å². The first-order valence-corrected chi connectivity index (χ1v) is 9.67. The summed E-state index contributed by atoms with van der Waals surface area (Å²) < 4.78 is 27.5. The number of benzene rings is 1. The highest BCUT2D eigenvalue weighted by atomic mass is 32.2. The number of nitrogens with one attached hydrogen (secondary N) is 2. The number of sulfonamides is 1. The second-order valence-corrected chi connectivity index (χ2v) is 8.53. The second-order valence-electron chi connectivity index (χ2n) is 5.37. The molecule has 7 nitrogen and oxygen atoms in total. The fraction of sp³-hybridized carbons (Fsp3) is 0.188. The molecule has 25 heavy (non-hydrogen) atoms. The van der Waals surface area contributed by atoms with Gasteiger partial charge in [0.15, 0.2) is 4.21 Å². The Balaban J connectivity index is 1.76. The maximum Gasteiger partial charge on any atom is 0.252 e. The third-order valence-electron chi connectivity index (χ3n) is 3.47. The standard InChI is InChI=1S/C16H15N5O2S2/c1-10-16(24-11(2)20-10)25(22,23)19-9-15-18-8-14(21-15)13-5-3-4-12(6-13)7-17/h3-6,8,19H,9H2,1-2H3,(H,18,21). The van der Waals surface area contributed by atoms with Gasteiger partial charge in [-0.15, -0.1) is 11.3 Å². The van der Waals surface area contributed by atoms with Crippen LogP contribution in [0.25, 0.3) is 11.3 Å². The summed E-state index contributed by atoms with van der Waals surface area (Å²) in [6.07, 6.45) is 1.61. The number of hydrogen-bond acceptors (Lipinski definition) is 6. The zero-order chi connectivity index (χ0) is 18.0. The molecule has 3 rings (SSSR count). The maximum absolute atomic E-state index is 12.4. The molecule has 9 heteroatoms. The summed E-state index contributed by atoms with van der Waals surface area (Å²) in [5.41, 5.74) is 2.57. The number of aryl methyl sites for hydroxylation is 2. The van der Waals surface area contributed by atoms with E-state index >= 15 is 0 Å². The van der Waals surface area contributed by atoms with Crippen LogP contribution >= 0.6 is 11.3 Å². The molecule has 2 heterocycles. The van der Waals surface area contributed by atoms with E-state index in [0.29, 0.717) is 22.1 Å². The fourth-order valence-corrected chi connectivity index (χ4v) is 4.86. The first-order valence-electron chi connectivity index (χ1n) is 7.37. The van der Waals surface area contributed by atoms with Gasteiger partial charge in [-0.05, 0) is 26.0 Å². The lowest BCUT2D eigenvalue weighted by Gasteiger charge is -2.03. The Hall–Kier alpha value is -2.54. The zero-order valence-corrected chi connectivity index (χ0v) is 15.2. The van der Waals surface area contributed by atoms with Crippen LogP contribution in [0, 0.1) is 25.2 Å². The van der Waals surface area contributed by atoms with Gasteiger partial charge in [-0.2, -0.15) is 5.26 Å². The van der Waals surface area contributed by atoms with Crippen LogP contribution in [0.4, 0.5) is 0 Å². The minimum Gasteiger partial charge on any atom is -0.341 e. The van der Waals surface area contributed by atoms with Crippen LogP contribution in [0.2, 0.25) is 0 Å². The summed E-state index contributed by atoms with van der Waals surface area (Å²) in [5.74, 6) is 0.486. The smallest absolute Gasteiger partial charge is 0.252 e. The molecule has 0 amide bonds. The van der Waals surface area contributed by atoms with Crippen LogP contribution in [0.5, 0.6) is 0 Å². The average Bonchev–Trinajstić information content (AvgIpc) is 3.20. The molecule has 0 aliphatic rings. The molecule has 0 fully saturated rings. The second kappa shape index (κ2) is 6.76. The third kappa shape index (κ3) is 3.76. The summed E-state index contributed by atoms with van der Waals surface area (Å²) in [6, 6.07) is 9.18. The van der Waals surface area contributed by atoms with Crippen molar-refractivity contribution in [3.63, 3.8) is 0 Å². The van der Waals surface area contributed by atoms with E-state index in [2.05, 4.69) is 25.7 Å². The van der Waals surface area contributed by atoms with Crippen molar-refractivity contribution in [1.82, 2.24) is 19.7 Å². The van der Waals surface area contributed by atoms with E-state index in [1.807, 2.05) is 6.07 Å². The molecule has 0 aliphatic heterocycles. The Kier molecular flexibility index (Phi) is 4.67. The number of nitrogens with zero attached hydrogens (tertiary/aromatic N) is 3. The van der Waals surface area contributed by atoms with Gasteiger partial charge in [0.2, 0.25) is 0 Å². The molecule has 2 N–H and O–H groups in total. The molecule has 0 bridgehead atoms. The molecule has 0 aliphatic carbocycles. The van der Waals surface area contributed by atoms with Crippen molar-refractivity contribution in [2.75, 3.05) is 0 Å². The van der Waals surface area contributed by atoms with Crippen LogP contribution in [-0.2, 0) is 16.6 Å². The van der Waals surface area contributed by atoms with E-state index in [1.165, 1.54) is 0 Å². The molecule has 0 radical (unpaired) electrons. The van der Waals surface area contributed by atoms with E-state index in [0.717, 1.165) is 22.6 Å². The third-order valence-corrected chi connectivity index (χ3v) is 6.55. The van der Waals surface area contributed by atoms with Gasteiger partial charge >= 0.3 is 0 Å². The van der Waals surface area contributed by atoms with Crippen molar-refractivity contribution < 1.29 is 8.42 Å². The van der Waals surface area contributed by atoms with Crippen LogP contribution < -0.4 is 4.72 Å². The number of aromatic nitrogens is 3. The van der Waals surface area contributed by atoms with Gasteiger partial charge in [0.1, 0.15) is 5.82 Å². The summed E-state index contributed by atoms with van der Waals surface area (Å²) in [5, 5.41) is 9.67. The molecule has 2 aromatic heterocycles. The largest absolute Gasteiger partial charge is 0.341 e. The summed E-state index contributed by atoms with van der Waals surface area (Å²) in [6.45, 7) is 3.48. The van der Waals surface area contributed by atoms with E-state index in [4.69, 9.17) is 5.26 Å². The van der Waals surface area contributed by atoms with Crippen molar-refractivity contribution in [2.24, 2.45) is 0 Å². The maximum atomic E-state index is 12.4. The lowest BCUT2D eigenvalue weighted by molar-refractivity contribution is 0.581. The van der Waals surface area contributed by atoms with Gasteiger partial charge in [-0.25, -0.2) is 23.1 Å². The van der Waals surface area contributed by atoms with Gasteiger partial charge in [0, 0.05) is 5.56 Å². The van der Waals surface area contributed by atoms with E-state index < -0.39 is 10.0 Å². The Bertz CT molecular complexity index is 1060. The number of imidazole rings is 1. The highest BCUT2D eigenvalue weighted by molar-refractivity contribution is 7.91. The summed E-state index contributed by atoms with van der Waals surface area (Å²) in [4.78, 5) is 11.4. The monoisotopic (exact) mass is 373 g/mol. The van der Waals surface area contributed by atoms with Crippen molar-refractivity contribution in [3.05, 3.63) is 52.6 Å². The molecule has 0 unspecified atom stereocenters. The van der Waals surface area contributed by atoms with Gasteiger partial charge in [-0.3, -0.25) is 0 Å². The first kappa shape index (κ1) is 17.3. The Morgan fingerprint density at radius 1 is 1.36 bits per heavy atom. The van der Waals surface area contributed by atoms with Crippen molar-refractivity contribution in [1.29, 1.82) is 5.26 Å². The molecule has 0 saturated heterocycles. The molecular weight excluding hydrogens is 358 g/mol. The molecule has 128 valence electrons. The quantitative estimate of drug-likeness (QED) is 0.714. The van der Waals surface area contributed by atoms with Gasteiger partial charge in [0.05, 0.1) is 40.8 Å². The van der Waals surface area contributed by atoms with Gasteiger partial charge < -0.3 is 4.98 Å². The van der Waals surface area contributed by atoms with Gasteiger partial charge in [0.25, 0.3) is 10.0 Å². The molecule has 0 spiro atoms. The summed E-state index contributed by atoms with van der Waals surface area (Å²) in [7, 11) is -3.63. The zero-order valence-electron chi connectivity index (χ0n) is 13.6. The minimum atomic E-state index is -3.63. The molecule has 1 aromatic carbocycles. The van der Waals surface area contributed by atoms with Crippen LogP contribution in [0.3, 0.4) is 0 Å².